The second-order valence-corrected chi connectivity index (χ2v) is 5.85. The summed E-state index contributed by atoms with van der Waals surface area (Å²) in [7, 11) is 0. The summed E-state index contributed by atoms with van der Waals surface area (Å²) in [5.74, 6) is 1.41. The number of rotatable bonds is 3. The van der Waals surface area contributed by atoms with Crippen LogP contribution in [-0.2, 0) is 6.54 Å². The molecule has 2 N–H and O–H groups in total. The standard InChI is InChI=1S/C15H25N3O/c1-4-6-17-10-13(16)8-14(17)15(19)18-7-5-11(2)12(3)9-18/h8,10-12H,4-7,9,16H2,1-3H3. The third kappa shape index (κ3) is 2.94. The van der Waals surface area contributed by atoms with Gasteiger partial charge in [-0.05, 0) is 30.7 Å². The first-order chi connectivity index (χ1) is 9.02. The second kappa shape index (κ2) is 5.68. The number of aromatic nitrogens is 1. The van der Waals surface area contributed by atoms with Crippen molar-refractivity contribution in [3.63, 3.8) is 0 Å². The van der Waals surface area contributed by atoms with Crippen LogP contribution in [0.1, 0.15) is 44.1 Å². The van der Waals surface area contributed by atoms with E-state index in [1.165, 1.54) is 0 Å². The summed E-state index contributed by atoms with van der Waals surface area (Å²) in [4.78, 5) is 14.6. The largest absolute Gasteiger partial charge is 0.397 e. The lowest BCUT2D eigenvalue weighted by Crippen LogP contribution is -2.42. The summed E-state index contributed by atoms with van der Waals surface area (Å²) in [5, 5.41) is 0. The van der Waals surface area contributed by atoms with Gasteiger partial charge in [-0.3, -0.25) is 4.79 Å². The number of piperidine rings is 1. The molecular formula is C15H25N3O. The number of aryl methyl sites for hydroxylation is 1. The topological polar surface area (TPSA) is 51.3 Å². The normalized spacial score (nSPS) is 23.6. The highest BCUT2D eigenvalue weighted by Gasteiger charge is 2.27. The van der Waals surface area contributed by atoms with Crippen molar-refractivity contribution < 1.29 is 4.79 Å². The highest BCUT2D eigenvalue weighted by Crippen LogP contribution is 2.24. The van der Waals surface area contributed by atoms with Gasteiger partial charge in [-0.25, -0.2) is 0 Å². The van der Waals surface area contributed by atoms with E-state index < -0.39 is 0 Å². The zero-order valence-corrected chi connectivity index (χ0v) is 12.2. The van der Waals surface area contributed by atoms with Gasteiger partial charge in [0.2, 0.25) is 0 Å². The number of nitrogens with zero attached hydrogens (tertiary/aromatic N) is 2. The maximum Gasteiger partial charge on any atom is 0.270 e. The maximum atomic E-state index is 12.6. The van der Waals surface area contributed by atoms with Crippen molar-refractivity contribution in [3.8, 4) is 0 Å². The monoisotopic (exact) mass is 263 g/mol. The van der Waals surface area contributed by atoms with Gasteiger partial charge in [0.25, 0.3) is 5.91 Å². The Labute approximate surface area is 115 Å². The molecule has 1 fully saturated rings. The highest BCUT2D eigenvalue weighted by atomic mass is 16.2. The Morgan fingerprint density at radius 3 is 2.79 bits per heavy atom. The lowest BCUT2D eigenvalue weighted by Gasteiger charge is -2.35. The van der Waals surface area contributed by atoms with Crippen LogP contribution in [0.25, 0.3) is 0 Å². The first kappa shape index (κ1) is 14.0. The number of carbonyl (C=O) groups is 1. The number of hydrogen-bond acceptors (Lipinski definition) is 2. The predicted octanol–water partition coefficient (Wildman–Crippen LogP) is 2.60. The van der Waals surface area contributed by atoms with Crippen molar-refractivity contribution in [2.75, 3.05) is 18.8 Å². The molecule has 1 aromatic heterocycles. The smallest absolute Gasteiger partial charge is 0.270 e. The molecule has 1 amide bonds. The van der Waals surface area contributed by atoms with Crippen molar-refractivity contribution >= 4 is 11.6 Å². The summed E-state index contributed by atoms with van der Waals surface area (Å²) < 4.78 is 1.99. The molecular weight excluding hydrogens is 238 g/mol. The fourth-order valence-corrected chi connectivity index (χ4v) is 2.75. The van der Waals surface area contributed by atoms with E-state index in [1.54, 1.807) is 6.07 Å². The lowest BCUT2D eigenvalue weighted by atomic mass is 9.88. The number of nitrogens with two attached hydrogens (primary N) is 1. The average molecular weight is 263 g/mol. The molecule has 1 aromatic rings. The Morgan fingerprint density at radius 2 is 2.16 bits per heavy atom. The molecule has 1 aliphatic heterocycles. The Hall–Kier alpha value is -1.45. The van der Waals surface area contributed by atoms with Gasteiger partial charge in [0.05, 0.1) is 5.69 Å². The third-order valence-corrected chi connectivity index (χ3v) is 4.22. The van der Waals surface area contributed by atoms with Crippen LogP contribution in [0, 0.1) is 11.8 Å². The van der Waals surface area contributed by atoms with E-state index in [1.807, 2.05) is 15.7 Å². The summed E-state index contributed by atoms with van der Waals surface area (Å²) in [5.41, 5.74) is 7.25. The molecule has 2 unspecified atom stereocenters. The number of hydrogen-bond donors (Lipinski definition) is 1. The van der Waals surface area contributed by atoms with E-state index in [9.17, 15) is 4.79 Å². The van der Waals surface area contributed by atoms with Gasteiger partial charge >= 0.3 is 0 Å². The number of likely N-dealkylation sites (tertiary alicyclic amines) is 1. The van der Waals surface area contributed by atoms with Gasteiger partial charge in [-0.1, -0.05) is 20.8 Å². The summed E-state index contributed by atoms with van der Waals surface area (Å²) >= 11 is 0. The quantitative estimate of drug-likeness (QED) is 0.911. The highest BCUT2D eigenvalue weighted by molar-refractivity contribution is 5.94. The minimum Gasteiger partial charge on any atom is -0.397 e. The first-order valence-electron chi connectivity index (χ1n) is 7.27. The summed E-state index contributed by atoms with van der Waals surface area (Å²) in [6.07, 6.45) is 3.96. The first-order valence-corrected chi connectivity index (χ1v) is 7.27. The van der Waals surface area contributed by atoms with E-state index >= 15 is 0 Å². The zero-order chi connectivity index (χ0) is 14.0. The summed E-state index contributed by atoms with van der Waals surface area (Å²) in [6.45, 7) is 9.17. The number of carbonyl (C=O) groups excluding carboxylic acids is 1. The predicted molar refractivity (Wildman–Crippen MR) is 78.0 cm³/mol. The van der Waals surface area contributed by atoms with E-state index in [0.717, 1.165) is 38.2 Å². The van der Waals surface area contributed by atoms with Crippen LogP contribution in [0.4, 0.5) is 5.69 Å². The van der Waals surface area contributed by atoms with Crippen molar-refractivity contribution in [1.29, 1.82) is 0 Å². The molecule has 4 heteroatoms. The molecule has 0 spiro atoms. The van der Waals surface area contributed by atoms with Crippen LogP contribution >= 0.6 is 0 Å². The van der Waals surface area contributed by atoms with E-state index in [-0.39, 0.29) is 5.91 Å². The molecule has 19 heavy (non-hydrogen) atoms. The summed E-state index contributed by atoms with van der Waals surface area (Å²) in [6, 6.07) is 1.81. The maximum absolute atomic E-state index is 12.6. The Kier molecular flexibility index (Phi) is 4.17. The molecule has 1 saturated heterocycles. The van der Waals surface area contributed by atoms with Gasteiger partial charge in [0.1, 0.15) is 5.69 Å². The molecule has 0 saturated carbocycles. The molecule has 0 aliphatic carbocycles. The zero-order valence-electron chi connectivity index (χ0n) is 12.2. The van der Waals surface area contributed by atoms with Crippen LogP contribution in [-0.4, -0.2) is 28.5 Å². The SMILES string of the molecule is CCCn1cc(N)cc1C(=O)N1CCC(C)C(C)C1. The minimum absolute atomic E-state index is 0.129. The van der Waals surface area contributed by atoms with Gasteiger partial charge in [0, 0.05) is 25.8 Å². The van der Waals surface area contributed by atoms with Crippen LogP contribution in [0.15, 0.2) is 12.3 Å². The minimum atomic E-state index is 0.129. The van der Waals surface area contributed by atoms with E-state index in [0.29, 0.717) is 17.5 Å². The second-order valence-electron chi connectivity index (χ2n) is 5.85. The average Bonchev–Trinajstić information content (AvgIpc) is 2.73. The van der Waals surface area contributed by atoms with E-state index in [4.69, 9.17) is 5.73 Å². The van der Waals surface area contributed by atoms with Crippen LogP contribution in [0.5, 0.6) is 0 Å². The number of anilines is 1. The molecule has 1 aliphatic rings. The molecule has 106 valence electrons. The molecule has 2 rings (SSSR count). The Morgan fingerprint density at radius 1 is 1.42 bits per heavy atom. The van der Waals surface area contributed by atoms with Crippen LogP contribution in [0.2, 0.25) is 0 Å². The fourth-order valence-electron chi connectivity index (χ4n) is 2.75. The van der Waals surface area contributed by atoms with Gasteiger partial charge in [-0.2, -0.15) is 0 Å². The molecule has 0 bridgehead atoms. The molecule has 2 heterocycles. The van der Waals surface area contributed by atoms with Crippen LogP contribution < -0.4 is 5.73 Å². The van der Waals surface area contributed by atoms with Crippen molar-refractivity contribution in [1.82, 2.24) is 9.47 Å². The molecule has 0 aromatic carbocycles. The number of nitrogen functional groups attached to an aromatic ring is 1. The molecule has 4 nitrogen and oxygen atoms in total. The third-order valence-electron chi connectivity index (χ3n) is 4.22. The Bertz CT molecular complexity index is 452. The Balaban J connectivity index is 2.15. The van der Waals surface area contributed by atoms with Crippen molar-refractivity contribution in [3.05, 3.63) is 18.0 Å². The van der Waals surface area contributed by atoms with Gasteiger partial charge in [-0.15, -0.1) is 0 Å². The molecule has 0 radical (unpaired) electrons. The van der Waals surface area contributed by atoms with Crippen molar-refractivity contribution in [2.24, 2.45) is 11.8 Å². The number of amides is 1. The van der Waals surface area contributed by atoms with Crippen LogP contribution in [0.3, 0.4) is 0 Å². The fraction of sp³-hybridized carbons (Fsp3) is 0.667. The van der Waals surface area contributed by atoms with Crippen molar-refractivity contribution in [2.45, 2.75) is 40.2 Å². The van der Waals surface area contributed by atoms with E-state index in [2.05, 4.69) is 20.8 Å². The lowest BCUT2D eigenvalue weighted by molar-refractivity contribution is 0.0616. The van der Waals surface area contributed by atoms with Gasteiger partial charge in [0.15, 0.2) is 0 Å². The molecule has 2 atom stereocenters. The van der Waals surface area contributed by atoms with Gasteiger partial charge < -0.3 is 15.2 Å².